The van der Waals surface area contributed by atoms with E-state index in [2.05, 4.69) is 32.3 Å². The van der Waals surface area contributed by atoms with Gasteiger partial charge in [-0.1, -0.05) is 42.0 Å². The number of hydrogen-bond donors (Lipinski definition) is 2. The molecular weight excluding hydrogens is 405 g/mol. The summed E-state index contributed by atoms with van der Waals surface area (Å²) in [6, 6.07) is 12.6. The topological polar surface area (TPSA) is 61.0 Å². The zero-order chi connectivity index (χ0) is 22.0. The minimum absolute atomic E-state index is 0.166. The first-order chi connectivity index (χ1) is 14.8. The maximum Gasteiger partial charge on any atom is 0.416 e. The first-order valence-corrected chi connectivity index (χ1v) is 10.0. The van der Waals surface area contributed by atoms with Crippen LogP contribution in [0.5, 0.6) is 0 Å². The van der Waals surface area contributed by atoms with Gasteiger partial charge in [0.25, 0.3) is 0 Å². The minimum Gasteiger partial charge on any atom is -0.351 e. The zero-order valence-corrected chi connectivity index (χ0v) is 17.0. The second kappa shape index (κ2) is 8.55. The van der Waals surface area contributed by atoms with Gasteiger partial charge in [0.15, 0.2) is 0 Å². The zero-order valence-electron chi connectivity index (χ0n) is 17.0. The molecule has 2 aromatic carbocycles. The highest BCUT2D eigenvalue weighted by molar-refractivity contribution is 5.82. The van der Waals surface area contributed by atoms with Crippen LogP contribution < -0.4 is 5.32 Å². The van der Waals surface area contributed by atoms with E-state index in [9.17, 15) is 18.0 Å². The lowest BCUT2D eigenvalue weighted by atomic mass is 10.0. The van der Waals surface area contributed by atoms with Crippen LogP contribution in [-0.4, -0.2) is 26.8 Å². The molecule has 1 aliphatic heterocycles. The van der Waals surface area contributed by atoms with Crippen molar-refractivity contribution >= 4 is 5.91 Å². The van der Waals surface area contributed by atoms with Gasteiger partial charge in [0.05, 0.1) is 29.3 Å². The lowest BCUT2D eigenvalue weighted by molar-refractivity contribution is -0.137. The summed E-state index contributed by atoms with van der Waals surface area (Å²) >= 11 is 0. The predicted octanol–water partition coefficient (Wildman–Crippen LogP) is 3.98. The summed E-state index contributed by atoms with van der Waals surface area (Å²) in [6.45, 7) is 3.37. The fourth-order valence-electron chi connectivity index (χ4n) is 3.76. The quantitative estimate of drug-likeness (QED) is 0.646. The number of aromatic amines is 1. The van der Waals surface area contributed by atoms with E-state index >= 15 is 0 Å². The summed E-state index contributed by atoms with van der Waals surface area (Å²) in [5, 5.41) is 2.87. The van der Waals surface area contributed by atoms with E-state index in [0.717, 1.165) is 29.1 Å². The Kier molecular flexibility index (Phi) is 5.82. The second-order valence-corrected chi connectivity index (χ2v) is 7.85. The van der Waals surface area contributed by atoms with Crippen molar-refractivity contribution in [1.82, 2.24) is 20.2 Å². The van der Waals surface area contributed by atoms with Crippen molar-refractivity contribution in [2.75, 3.05) is 0 Å². The first kappa shape index (κ1) is 21.1. The minimum atomic E-state index is -4.37. The molecule has 1 atom stereocenters. The van der Waals surface area contributed by atoms with E-state index in [-0.39, 0.29) is 12.5 Å². The number of nitrogens with one attached hydrogen (secondary N) is 2. The van der Waals surface area contributed by atoms with E-state index in [1.165, 1.54) is 17.7 Å². The van der Waals surface area contributed by atoms with Gasteiger partial charge in [-0.15, -0.1) is 0 Å². The van der Waals surface area contributed by atoms with Crippen LogP contribution in [0.25, 0.3) is 0 Å². The standard InChI is InChI=1S/C23H23F3N4O/c1-15-2-4-17(5-3-15)12-30-13-20-19(28-14-29-20)10-21(30)22(31)27-11-16-6-8-18(9-7-16)23(24,25)26/h2-9,14,21H,10-13H2,1H3,(H,27,31)(H,28,29)/t21-/m0/s1. The van der Waals surface area contributed by atoms with Crippen LogP contribution >= 0.6 is 0 Å². The number of amides is 1. The molecule has 3 aromatic rings. The molecule has 1 aromatic heterocycles. The van der Waals surface area contributed by atoms with Gasteiger partial charge in [0.2, 0.25) is 5.91 Å². The molecule has 5 nitrogen and oxygen atoms in total. The van der Waals surface area contributed by atoms with Crippen molar-refractivity contribution in [2.24, 2.45) is 0 Å². The third-order valence-electron chi connectivity index (χ3n) is 5.55. The number of imidazole rings is 1. The number of aromatic nitrogens is 2. The molecule has 0 saturated carbocycles. The number of fused-ring (bicyclic) bond motifs is 1. The van der Waals surface area contributed by atoms with Gasteiger partial charge in [-0.2, -0.15) is 13.2 Å². The van der Waals surface area contributed by atoms with Crippen molar-refractivity contribution in [3.8, 4) is 0 Å². The summed E-state index contributed by atoms with van der Waals surface area (Å²) < 4.78 is 38.2. The second-order valence-electron chi connectivity index (χ2n) is 7.85. The van der Waals surface area contributed by atoms with Crippen LogP contribution in [0.2, 0.25) is 0 Å². The Bertz CT molecular complexity index is 1040. The van der Waals surface area contributed by atoms with Crippen molar-refractivity contribution in [3.63, 3.8) is 0 Å². The fourth-order valence-corrected chi connectivity index (χ4v) is 3.76. The molecule has 0 unspecified atom stereocenters. The number of benzene rings is 2. The number of carbonyl (C=O) groups is 1. The smallest absolute Gasteiger partial charge is 0.351 e. The number of aryl methyl sites for hydroxylation is 1. The maximum absolute atomic E-state index is 13.0. The highest BCUT2D eigenvalue weighted by atomic mass is 19.4. The number of alkyl halides is 3. The van der Waals surface area contributed by atoms with E-state index in [0.29, 0.717) is 25.1 Å². The van der Waals surface area contributed by atoms with Crippen LogP contribution in [0.4, 0.5) is 13.2 Å². The molecule has 2 N–H and O–H groups in total. The monoisotopic (exact) mass is 428 g/mol. The van der Waals surface area contributed by atoms with Crippen molar-refractivity contribution in [1.29, 1.82) is 0 Å². The molecular formula is C23H23F3N4O. The van der Waals surface area contributed by atoms with Crippen molar-refractivity contribution < 1.29 is 18.0 Å². The van der Waals surface area contributed by atoms with Gasteiger partial charge in [-0.25, -0.2) is 4.98 Å². The van der Waals surface area contributed by atoms with Crippen molar-refractivity contribution in [2.45, 2.75) is 45.2 Å². The van der Waals surface area contributed by atoms with E-state index < -0.39 is 17.8 Å². The Morgan fingerprint density at radius 2 is 1.81 bits per heavy atom. The van der Waals surface area contributed by atoms with E-state index in [1.807, 2.05) is 19.1 Å². The summed E-state index contributed by atoms with van der Waals surface area (Å²) in [4.78, 5) is 22.6. The Hall–Kier alpha value is -3.13. The number of halogens is 3. The van der Waals surface area contributed by atoms with E-state index in [4.69, 9.17) is 0 Å². The summed E-state index contributed by atoms with van der Waals surface area (Å²) in [6.07, 6.45) is -2.26. The Balaban J connectivity index is 1.45. The summed E-state index contributed by atoms with van der Waals surface area (Å²) in [7, 11) is 0. The average Bonchev–Trinajstić information content (AvgIpc) is 3.20. The highest BCUT2D eigenvalue weighted by Gasteiger charge is 2.33. The molecule has 0 spiro atoms. The number of nitrogens with zero attached hydrogens (tertiary/aromatic N) is 2. The molecule has 31 heavy (non-hydrogen) atoms. The van der Waals surface area contributed by atoms with E-state index in [1.54, 1.807) is 6.33 Å². The van der Waals surface area contributed by atoms with Gasteiger partial charge >= 0.3 is 6.18 Å². The third-order valence-corrected chi connectivity index (χ3v) is 5.55. The summed E-state index contributed by atoms with van der Waals surface area (Å²) in [5.41, 5.74) is 4.06. The molecule has 0 saturated heterocycles. The normalized spacial score (nSPS) is 16.7. The molecule has 1 aliphatic rings. The number of H-pyrrole nitrogens is 1. The number of hydrogen-bond acceptors (Lipinski definition) is 3. The number of carbonyl (C=O) groups excluding carboxylic acids is 1. The lowest BCUT2D eigenvalue weighted by Gasteiger charge is -2.34. The molecule has 0 radical (unpaired) electrons. The molecule has 0 fully saturated rings. The highest BCUT2D eigenvalue weighted by Crippen LogP contribution is 2.29. The predicted molar refractivity (Wildman–Crippen MR) is 110 cm³/mol. The van der Waals surface area contributed by atoms with Crippen LogP contribution in [0.3, 0.4) is 0 Å². The Labute approximate surface area is 178 Å². The molecule has 2 heterocycles. The van der Waals surface area contributed by atoms with Gasteiger partial charge in [-0.3, -0.25) is 9.69 Å². The SMILES string of the molecule is Cc1ccc(CN2Cc3[nH]cnc3C[C@H]2C(=O)NCc2ccc(C(F)(F)F)cc2)cc1. The summed E-state index contributed by atoms with van der Waals surface area (Å²) in [5.74, 6) is -0.166. The molecule has 162 valence electrons. The Morgan fingerprint density at radius 1 is 1.13 bits per heavy atom. The first-order valence-electron chi connectivity index (χ1n) is 10.0. The van der Waals surface area contributed by atoms with Gasteiger partial charge in [0.1, 0.15) is 0 Å². The molecule has 0 bridgehead atoms. The van der Waals surface area contributed by atoms with Gasteiger partial charge in [0, 0.05) is 26.1 Å². The van der Waals surface area contributed by atoms with Gasteiger partial charge < -0.3 is 10.3 Å². The molecule has 1 amide bonds. The number of rotatable bonds is 5. The molecule has 8 heteroatoms. The molecule has 4 rings (SSSR count). The van der Waals surface area contributed by atoms with Crippen LogP contribution in [0.15, 0.2) is 54.9 Å². The average molecular weight is 428 g/mol. The lowest BCUT2D eigenvalue weighted by Crippen LogP contribution is -2.49. The third kappa shape index (κ3) is 4.96. The van der Waals surface area contributed by atoms with Crippen molar-refractivity contribution in [3.05, 3.63) is 88.5 Å². The van der Waals surface area contributed by atoms with Crippen LogP contribution in [-0.2, 0) is 37.0 Å². The van der Waals surface area contributed by atoms with Crippen LogP contribution in [0.1, 0.15) is 33.6 Å². The Morgan fingerprint density at radius 3 is 2.48 bits per heavy atom. The maximum atomic E-state index is 13.0. The van der Waals surface area contributed by atoms with Crippen LogP contribution in [0, 0.1) is 6.92 Å². The fraction of sp³-hybridized carbons (Fsp3) is 0.304. The van der Waals surface area contributed by atoms with Gasteiger partial charge in [-0.05, 0) is 30.2 Å². The molecule has 0 aliphatic carbocycles. The largest absolute Gasteiger partial charge is 0.416 e.